The fraction of sp³-hybridized carbons (Fsp3) is 0.227. The fourth-order valence-electron chi connectivity index (χ4n) is 2.88. The van der Waals surface area contributed by atoms with Crippen molar-refractivity contribution in [2.75, 3.05) is 6.54 Å². The van der Waals surface area contributed by atoms with E-state index in [9.17, 15) is 19.5 Å². The minimum atomic E-state index is -1.02. The number of para-hydroxylation sites is 1. The predicted molar refractivity (Wildman–Crippen MR) is 113 cm³/mol. The Morgan fingerprint density at radius 2 is 1.80 bits per heavy atom. The lowest BCUT2D eigenvalue weighted by atomic mass is 10.0. The molecule has 1 heterocycles. The summed E-state index contributed by atoms with van der Waals surface area (Å²) in [6.07, 6.45) is 0. The van der Waals surface area contributed by atoms with Crippen molar-refractivity contribution >= 4 is 34.4 Å². The second-order valence-electron chi connectivity index (χ2n) is 7.57. The maximum absolute atomic E-state index is 12.5. The van der Waals surface area contributed by atoms with E-state index in [-0.39, 0.29) is 11.0 Å². The van der Waals surface area contributed by atoms with Crippen LogP contribution in [0, 0.1) is 0 Å². The zero-order valence-electron chi connectivity index (χ0n) is 16.6. The molecule has 1 aromatic heterocycles. The van der Waals surface area contributed by atoms with Gasteiger partial charge in [-0.25, -0.2) is 4.79 Å². The summed E-state index contributed by atoms with van der Waals surface area (Å²) in [5, 5.41) is 13.6. The van der Waals surface area contributed by atoms with Gasteiger partial charge in [0.05, 0.1) is 5.39 Å². The number of halogens is 1. The number of rotatable bonds is 4. The summed E-state index contributed by atoms with van der Waals surface area (Å²) >= 11 is 5.92. The Morgan fingerprint density at radius 1 is 1.13 bits per heavy atom. The summed E-state index contributed by atoms with van der Waals surface area (Å²) in [6.45, 7) is 4.61. The second-order valence-corrected chi connectivity index (χ2v) is 8.01. The van der Waals surface area contributed by atoms with Crippen LogP contribution >= 0.6 is 11.6 Å². The first kappa shape index (κ1) is 21.4. The van der Waals surface area contributed by atoms with Crippen LogP contribution in [-0.2, 0) is 9.53 Å². The molecule has 0 bridgehead atoms. The molecule has 8 heteroatoms. The molecule has 3 rings (SSSR count). The number of esters is 1. The van der Waals surface area contributed by atoms with Crippen molar-refractivity contribution in [3.63, 3.8) is 0 Å². The van der Waals surface area contributed by atoms with E-state index in [2.05, 4.69) is 5.32 Å². The summed E-state index contributed by atoms with van der Waals surface area (Å²) in [5.74, 6) is -2.14. The number of ether oxygens (including phenoxy) is 1. The first-order chi connectivity index (χ1) is 14.1. The van der Waals surface area contributed by atoms with Crippen molar-refractivity contribution in [3.8, 4) is 16.9 Å². The standard InChI is InChI=1S/C22H20ClNO6/c1-22(2,3)30-16(25)11-24-20(27)17-18(26)15-6-4-5-14(19(15)29-21(17)28)12-7-9-13(23)10-8-12/h4-10,26H,11H2,1-3H3,(H,24,27). The molecular formula is C22H20ClNO6. The molecule has 0 aliphatic carbocycles. The fourth-order valence-corrected chi connectivity index (χ4v) is 3.01. The van der Waals surface area contributed by atoms with Gasteiger partial charge < -0.3 is 19.6 Å². The highest BCUT2D eigenvalue weighted by Crippen LogP contribution is 2.34. The lowest BCUT2D eigenvalue weighted by Crippen LogP contribution is -2.36. The van der Waals surface area contributed by atoms with E-state index in [1.165, 1.54) is 6.07 Å². The van der Waals surface area contributed by atoms with Gasteiger partial charge in [0.15, 0.2) is 5.56 Å². The van der Waals surface area contributed by atoms with Crippen molar-refractivity contribution in [1.82, 2.24) is 5.32 Å². The van der Waals surface area contributed by atoms with Crippen LogP contribution in [-0.4, -0.2) is 29.1 Å². The van der Waals surface area contributed by atoms with E-state index < -0.39 is 41.0 Å². The number of carbonyl (C=O) groups excluding carboxylic acids is 2. The molecule has 0 atom stereocenters. The third-order valence-electron chi connectivity index (χ3n) is 4.10. The van der Waals surface area contributed by atoms with Gasteiger partial charge in [-0.1, -0.05) is 35.9 Å². The zero-order valence-corrected chi connectivity index (χ0v) is 17.4. The van der Waals surface area contributed by atoms with Gasteiger partial charge in [-0.05, 0) is 44.5 Å². The van der Waals surface area contributed by atoms with E-state index in [0.717, 1.165) is 5.56 Å². The van der Waals surface area contributed by atoms with Gasteiger partial charge in [0.25, 0.3) is 5.91 Å². The van der Waals surface area contributed by atoms with Gasteiger partial charge in [0, 0.05) is 10.6 Å². The minimum absolute atomic E-state index is 0.131. The van der Waals surface area contributed by atoms with Crippen LogP contribution in [0.4, 0.5) is 0 Å². The molecule has 2 N–H and O–H groups in total. The van der Waals surface area contributed by atoms with E-state index in [0.29, 0.717) is 10.6 Å². The largest absolute Gasteiger partial charge is 0.506 e. The molecule has 156 valence electrons. The maximum atomic E-state index is 12.5. The lowest BCUT2D eigenvalue weighted by molar-refractivity contribution is -0.153. The average Bonchev–Trinajstić information content (AvgIpc) is 2.65. The smallest absolute Gasteiger partial charge is 0.353 e. The molecule has 0 saturated heterocycles. The monoisotopic (exact) mass is 429 g/mol. The summed E-state index contributed by atoms with van der Waals surface area (Å²) in [6, 6.07) is 11.8. The number of nitrogens with one attached hydrogen (secondary N) is 1. The number of hydrogen-bond donors (Lipinski definition) is 2. The van der Waals surface area contributed by atoms with E-state index >= 15 is 0 Å². The average molecular weight is 430 g/mol. The van der Waals surface area contributed by atoms with Crippen LogP contribution in [0.15, 0.2) is 51.7 Å². The molecular weight excluding hydrogens is 410 g/mol. The van der Waals surface area contributed by atoms with Gasteiger partial charge in [0.1, 0.15) is 23.5 Å². The van der Waals surface area contributed by atoms with Gasteiger partial charge in [-0.2, -0.15) is 0 Å². The van der Waals surface area contributed by atoms with Crippen LogP contribution < -0.4 is 10.9 Å². The van der Waals surface area contributed by atoms with Crippen molar-refractivity contribution < 1.29 is 23.8 Å². The molecule has 0 radical (unpaired) electrons. The molecule has 30 heavy (non-hydrogen) atoms. The van der Waals surface area contributed by atoms with Crippen LogP contribution in [0.5, 0.6) is 5.75 Å². The molecule has 0 aliphatic heterocycles. The Morgan fingerprint density at radius 3 is 2.43 bits per heavy atom. The van der Waals surface area contributed by atoms with Crippen molar-refractivity contribution in [3.05, 3.63) is 63.5 Å². The number of aromatic hydroxyl groups is 1. The van der Waals surface area contributed by atoms with Gasteiger partial charge in [-0.3, -0.25) is 9.59 Å². The summed E-state index contributed by atoms with van der Waals surface area (Å²) in [4.78, 5) is 36.7. The van der Waals surface area contributed by atoms with E-state index in [1.807, 2.05) is 0 Å². The third kappa shape index (κ3) is 4.63. The van der Waals surface area contributed by atoms with E-state index in [1.54, 1.807) is 57.2 Å². The zero-order chi connectivity index (χ0) is 22.1. The first-order valence-corrected chi connectivity index (χ1v) is 9.49. The maximum Gasteiger partial charge on any atom is 0.353 e. The molecule has 7 nitrogen and oxygen atoms in total. The Labute approximate surface area is 177 Å². The quantitative estimate of drug-likeness (QED) is 0.481. The van der Waals surface area contributed by atoms with Gasteiger partial charge in [0.2, 0.25) is 0 Å². The molecule has 0 saturated carbocycles. The first-order valence-electron chi connectivity index (χ1n) is 9.11. The third-order valence-corrected chi connectivity index (χ3v) is 4.35. The number of benzene rings is 2. The molecule has 2 aromatic carbocycles. The van der Waals surface area contributed by atoms with Crippen molar-refractivity contribution in [2.24, 2.45) is 0 Å². The van der Waals surface area contributed by atoms with Crippen LogP contribution in [0.1, 0.15) is 31.1 Å². The summed E-state index contributed by atoms with van der Waals surface area (Å²) in [5.41, 5.74) is -0.926. The Balaban J connectivity index is 1.96. The summed E-state index contributed by atoms with van der Waals surface area (Å²) < 4.78 is 10.5. The van der Waals surface area contributed by atoms with E-state index in [4.69, 9.17) is 20.8 Å². The molecule has 3 aromatic rings. The molecule has 0 fully saturated rings. The van der Waals surface area contributed by atoms with Gasteiger partial charge >= 0.3 is 11.6 Å². The number of carbonyl (C=O) groups is 2. The molecule has 0 spiro atoms. The van der Waals surface area contributed by atoms with Crippen molar-refractivity contribution in [2.45, 2.75) is 26.4 Å². The normalized spacial score (nSPS) is 11.3. The highest BCUT2D eigenvalue weighted by Gasteiger charge is 2.24. The second kappa shape index (κ2) is 8.20. The topological polar surface area (TPSA) is 106 Å². The molecule has 0 unspecified atom stereocenters. The van der Waals surface area contributed by atoms with Crippen molar-refractivity contribution in [1.29, 1.82) is 0 Å². The molecule has 0 aliphatic rings. The van der Waals surface area contributed by atoms with Crippen LogP contribution in [0.3, 0.4) is 0 Å². The minimum Gasteiger partial charge on any atom is -0.506 e. The highest BCUT2D eigenvalue weighted by molar-refractivity contribution is 6.30. The SMILES string of the molecule is CC(C)(C)OC(=O)CNC(=O)c1c(O)c2cccc(-c3ccc(Cl)cc3)c2oc1=O. The van der Waals surface area contributed by atoms with Crippen LogP contribution in [0.25, 0.3) is 22.1 Å². The number of fused-ring (bicyclic) bond motifs is 1. The summed E-state index contributed by atoms with van der Waals surface area (Å²) in [7, 11) is 0. The Kier molecular flexibility index (Phi) is 5.85. The van der Waals surface area contributed by atoms with Gasteiger partial charge in [-0.15, -0.1) is 0 Å². The predicted octanol–water partition coefficient (Wildman–Crippen LogP) is 3.89. The number of amides is 1. The highest BCUT2D eigenvalue weighted by atomic mass is 35.5. The lowest BCUT2D eigenvalue weighted by Gasteiger charge is -2.19. The Hall–Kier alpha value is -3.32. The number of hydrogen-bond acceptors (Lipinski definition) is 6. The van der Waals surface area contributed by atoms with Crippen LogP contribution in [0.2, 0.25) is 5.02 Å². The molecule has 1 amide bonds. The Bertz CT molecular complexity index is 1180.